The van der Waals surface area contributed by atoms with Gasteiger partial charge in [-0.2, -0.15) is 0 Å². The van der Waals surface area contributed by atoms with E-state index in [-0.39, 0.29) is 5.02 Å². The Morgan fingerprint density at radius 3 is 2.48 bits per heavy atom. The summed E-state index contributed by atoms with van der Waals surface area (Å²) in [6.45, 7) is 7.77. The Morgan fingerprint density at radius 1 is 1.08 bits per heavy atom. The van der Waals surface area contributed by atoms with Gasteiger partial charge in [0.25, 0.3) is 0 Å². The molecule has 2 aromatic carbocycles. The van der Waals surface area contributed by atoms with Crippen molar-refractivity contribution in [3.63, 3.8) is 0 Å². The third kappa shape index (κ3) is 4.22. The third-order valence-corrected chi connectivity index (χ3v) is 5.09. The monoisotopic (exact) mass is 377 g/mol. The van der Waals surface area contributed by atoms with Crippen molar-refractivity contribution in [2.75, 3.05) is 36.4 Å². The quantitative estimate of drug-likeness (QED) is 0.769. The lowest BCUT2D eigenvalue weighted by atomic mass is 10.1. The first-order valence-corrected chi connectivity index (χ1v) is 9.06. The van der Waals surface area contributed by atoms with Gasteiger partial charge in [-0.3, -0.25) is 0 Å². The second-order valence-corrected chi connectivity index (χ2v) is 7.12. The highest BCUT2D eigenvalue weighted by molar-refractivity contribution is 7.80. The molecule has 0 saturated carbocycles. The van der Waals surface area contributed by atoms with Crippen molar-refractivity contribution in [3.8, 4) is 0 Å². The lowest BCUT2D eigenvalue weighted by Crippen LogP contribution is -2.50. The zero-order valence-corrected chi connectivity index (χ0v) is 15.9. The molecule has 1 heterocycles. The van der Waals surface area contributed by atoms with Crippen LogP contribution in [-0.4, -0.2) is 36.2 Å². The topological polar surface area (TPSA) is 18.5 Å². The minimum absolute atomic E-state index is 0.0903. The Morgan fingerprint density at radius 2 is 1.80 bits per heavy atom. The van der Waals surface area contributed by atoms with E-state index in [1.807, 2.05) is 0 Å². The molecule has 0 unspecified atom stereocenters. The third-order valence-electron chi connectivity index (χ3n) is 4.44. The van der Waals surface area contributed by atoms with E-state index in [1.165, 1.54) is 22.9 Å². The molecule has 1 N–H and O–H groups in total. The molecule has 0 aliphatic carbocycles. The van der Waals surface area contributed by atoms with Crippen molar-refractivity contribution in [3.05, 3.63) is 58.4 Å². The van der Waals surface area contributed by atoms with Crippen LogP contribution in [0.15, 0.2) is 36.4 Å². The number of nitrogens with one attached hydrogen (secondary N) is 1. The van der Waals surface area contributed by atoms with Crippen molar-refractivity contribution in [2.45, 2.75) is 13.8 Å². The number of rotatable bonds is 2. The maximum absolute atomic E-state index is 13.2. The zero-order chi connectivity index (χ0) is 18.0. The number of halogens is 2. The molecule has 1 saturated heterocycles. The normalized spacial score (nSPS) is 14.6. The summed E-state index contributed by atoms with van der Waals surface area (Å²) in [7, 11) is 0. The maximum atomic E-state index is 13.2. The van der Waals surface area contributed by atoms with E-state index in [9.17, 15) is 4.39 Å². The van der Waals surface area contributed by atoms with Crippen molar-refractivity contribution in [2.24, 2.45) is 0 Å². The molecule has 1 fully saturated rings. The maximum Gasteiger partial charge on any atom is 0.173 e. The highest BCUT2D eigenvalue weighted by Crippen LogP contribution is 2.23. The van der Waals surface area contributed by atoms with Crippen LogP contribution in [0.25, 0.3) is 0 Å². The van der Waals surface area contributed by atoms with Crippen LogP contribution >= 0.6 is 23.8 Å². The first-order chi connectivity index (χ1) is 11.9. The highest BCUT2D eigenvalue weighted by Gasteiger charge is 2.20. The number of nitrogens with zero attached hydrogens (tertiary/aromatic N) is 2. The van der Waals surface area contributed by atoms with Gasteiger partial charge < -0.3 is 15.1 Å². The van der Waals surface area contributed by atoms with Crippen LogP contribution in [0.5, 0.6) is 0 Å². The summed E-state index contributed by atoms with van der Waals surface area (Å²) in [5, 5.41) is 3.87. The van der Waals surface area contributed by atoms with Gasteiger partial charge in [0.05, 0.1) is 5.02 Å². The first-order valence-electron chi connectivity index (χ1n) is 8.27. The van der Waals surface area contributed by atoms with Gasteiger partial charge in [-0.15, -0.1) is 0 Å². The summed E-state index contributed by atoms with van der Waals surface area (Å²) in [4.78, 5) is 4.53. The summed E-state index contributed by atoms with van der Waals surface area (Å²) in [6, 6.07) is 11.1. The fourth-order valence-corrected chi connectivity index (χ4v) is 3.47. The number of anilines is 2. The molecule has 0 atom stereocenters. The number of piperazine rings is 1. The van der Waals surface area contributed by atoms with E-state index in [1.54, 1.807) is 12.1 Å². The molecule has 3 nitrogen and oxygen atoms in total. The zero-order valence-electron chi connectivity index (χ0n) is 14.4. The van der Waals surface area contributed by atoms with Gasteiger partial charge in [0.15, 0.2) is 5.11 Å². The standard InChI is InChI=1S/C19H21ClFN3S/c1-13-3-4-14(2)18(11-13)23-7-9-24(10-8-23)19(25)22-15-5-6-17(21)16(20)12-15/h3-6,11-12H,7-10H2,1-2H3,(H,22,25). The average Bonchev–Trinajstić information content (AvgIpc) is 2.60. The Bertz CT molecular complexity index is 788. The van der Waals surface area contributed by atoms with E-state index < -0.39 is 5.82 Å². The van der Waals surface area contributed by atoms with Crippen LogP contribution in [0.3, 0.4) is 0 Å². The Kier molecular flexibility index (Phi) is 5.45. The molecule has 0 aromatic heterocycles. The molecule has 0 bridgehead atoms. The predicted molar refractivity (Wildman–Crippen MR) is 107 cm³/mol. The lowest BCUT2D eigenvalue weighted by Gasteiger charge is -2.38. The molecule has 6 heteroatoms. The Balaban J connectivity index is 1.60. The average molecular weight is 378 g/mol. The summed E-state index contributed by atoms with van der Waals surface area (Å²) >= 11 is 11.3. The molecule has 132 valence electrons. The van der Waals surface area contributed by atoms with Crippen LogP contribution in [0.4, 0.5) is 15.8 Å². The van der Waals surface area contributed by atoms with Gasteiger partial charge in [-0.05, 0) is 61.5 Å². The molecule has 0 spiro atoms. The number of benzene rings is 2. The fraction of sp³-hybridized carbons (Fsp3) is 0.316. The minimum atomic E-state index is -0.430. The number of aryl methyl sites for hydroxylation is 2. The molecule has 0 radical (unpaired) electrons. The van der Waals surface area contributed by atoms with Gasteiger partial charge in [0.1, 0.15) is 5.82 Å². The molecular formula is C19H21ClFN3S. The summed E-state index contributed by atoms with van der Waals surface area (Å²) in [5.41, 5.74) is 4.56. The van der Waals surface area contributed by atoms with Crippen molar-refractivity contribution in [1.29, 1.82) is 0 Å². The van der Waals surface area contributed by atoms with Gasteiger partial charge in [-0.1, -0.05) is 23.7 Å². The van der Waals surface area contributed by atoms with Gasteiger partial charge in [0.2, 0.25) is 0 Å². The molecule has 25 heavy (non-hydrogen) atoms. The van der Waals surface area contributed by atoms with Crippen LogP contribution in [-0.2, 0) is 0 Å². The molecule has 0 amide bonds. The van der Waals surface area contributed by atoms with E-state index in [4.69, 9.17) is 23.8 Å². The smallest absolute Gasteiger partial charge is 0.173 e. The summed E-state index contributed by atoms with van der Waals surface area (Å²) in [5.74, 6) is -0.430. The van der Waals surface area contributed by atoms with E-state index in [2.05, 4.69) is 47.2 Å². The Labute approximate surface area is 158 Å². The number of hydrogen-bond acceptors (Lipinski definition) is 2. The predicted octanol–water partition coefficient (Wildman–Crippen LogP) is 4.61. The highest BCUT2D eigenvalue weighted by atomic mass is 35.5. The molecule has 1 aliphatic heterocycles. The largest absolute Gasteiger partial charge is 0.368 e. The lowest BCUT2D eigenvalue weighted by molar-refractivity contribution is 0.390. The van der Waals surface area contributed by atoms with Gasteiger partial charge in [0, 0.05) is 37.6 Å². The van der Waals surface area contributed by atoms with Crippen molar-refractivity contribution >= 4 is 40.3 Å². The Hall–Kier alpha value is -1.85. The van der Waals surface area contributed by atoms with Crippen molar-refractivity contribution < 1.29 is 4.39 Å². The van der Waals surface area contributed by atoms with Gasteiger partial charge in [-0.25, -0.2) is 4.39 Å². The number of hydrogen-bond donors (Lipinski definition) is 1. The number of thiocarbonyl (C=S) groups is 1. The molecule has 3 rings (SSSR count). The van der Waals surface area contributed by atoms with Crippen LogP contribution < -0.4 is 10.2 Å². The van der Waals surface area contributed by atoms with E-state index in [0.29, 0.717) is 10.8 Å². The second kappa shape index (κ2) is 7.58. The second-order valence-electron chi connectivity index (χ2n) is 6.32. The van der Waals surface area contributed by atoms with Crippen LogP contribution in [0.2, 0.25) is 5.02 Å². The molecular weight excluding hydrogens is 357 g/mol. The van der Waals surface area contributed by atoms with Gasteiger partial charge >= 0.3 is 0 Å². The first kappa shape index (κ1) is 18.0. The fourth-order valence-electron chi connectivity index (χ4n) is 2.99. The van der Waals surface area contributed by atoms with E-state index >= 15 is 0 Å². The minimum Gasteiger partial charge on any atom is -0.368 e. The van der Waals surface area contributed by atoms with E-state index in [0.717, 1.165) is 26.2 Å². The molecule has 2 aromatic rings. The SMILES string of the molecule is Cc1ccc(C)c(N2CCN(C(=S)Nc3ccc(F)c(Cl)c3)CC2)c1. The van der Waals surface area contributed by atoms with Crippen LogP contribution in [0.1, 0.15) is 11.1 Å². The molecule has 1 aliphatic rings. The van der Waals surface area contributed by atoms with Crippen LogP contribution in [0, 0.1) is 19.7 Å². The summed E-state index contributed by atoms with van der Waals surface area (Å²) in [6.07, 6.45) is 0. The van der Waals surface area contributed by atoms with Crippen molar-refractivity contribution in [1.82, 2.24) is 4.90 Å². The summed E-state index contributed by atoms with van der Waals surface area (Å²) < 4.78 is 13.2.